The quantitative estimate of drug-likeness (QED) is 0.678. The average Bonchev–Trinajstić information content (AvgIpc) is 3.04. The van der Waals surface area contributed by atoms with Gasteiger partial charge in [0.15, 0.2) is 0 Å². The number of nitrogens with zero attached hydrogens (tertiary/aromatic N) is 1. The highest BCUT2D eigenvalue weighted by Gasteiger charge is 2.41. The van der Waals surface area contributed by atoms with Crippen molar-refractivity contribution in [1.82, 2.24) is 4.90 Å². The second kappa shape index (κ2) is 8.51. The lowest BCUT2D eigenvalue weighted by Gasteiger charge is -2.22. The zero-order valence-corrected chi connectivity index (χ0v) is 16.9. The molecule has 0 aliphatic carbocycles. The maximum atomic E-state index is 12.7. The molecule has 27 heavy (non-hydrogen) atoms. The van der Waals surface area contributed by atoms with Gasteiger partial charge in [-0.1, -0.05) is 30.3 Å². The molecule has 0 radical (unpaired) electrons. The summed E-state index contributed by atoms with van der Waals surface area (Å²) in [6, 6.07) is 14.0. The molecular formula is C20H19IN2O4. The van der Waals surface area contributed by atoms with Crippen LogP contribution in [0.2, 0.25) is 0 Å². The van der Waals surface area contributed by atoms with Crippen LogP contribution in [0.3, 0.4) is 0 Å². The summed E-state index contributed by atoms with van der Waals surface area (Å²) in [5.74, 6) is -0.783. The van der Waals surface area contributed by atoms with Crippen LogP contribution >= 0.6 is 22.6 Å². The molecule has 3 rings (SSSR count). The zero-order chi connectivity index (χ0) is 19.4. The Morgan fingerprint density at radius 3 is 2.67 bits per heavy atom. The maximum Gasteiger partial charge on any atom is 0.417 e. The molecule has 1 atom stereocenters. The summed E-state index contributed by atoms with van der Waals surface area (Å²) in [6.45, 7) is 1.94. The van der Waals surface area contributed by atoms with Gasteiger partial charge in [0, 0.05) is 15.7 Å². The summed E-state index contributed by atoms with van der Waals surface area (Å²) >= 11 is 2.20. The molecule has 3 amide bonds. The summed E-state index contributed by atoms with van der Waals surface area (Å²) in [5.41, 5.74) is 2.39. The molecule has 0 saturated carbocycles. The maximum absolute atomic E-state index is 12.7. The number of carbonyl (C=O) groups is 3. The predicted molar refractivity (Wildman–Crippen MR) is 109 cm³/mol. The van der Waals surface area contributed by atoms with E-state index in [1.54, 1.807) is 0 Å². The molecular weight excluding hydrogens is 459 g/mol. The number of benzene rings is 2. The Labute approximate surface area is 171 Å². The number of imide groups is 1. The van der Waals surface area contributed by atoms with Crippen molar-refractivity contribution in [1.29, 1.82) is 0 Å². The van der Waals surface area contributed by atoms with Crippen LogP contribution in [-0.2, 0) is 20.9 Å². The van der Waals surface area contributed by atoms with E-state index in [1.807, 2.05) is 55.5 Å². The lowest BCUT2D eigenvalue weighted by Crippen LogP contribution is -2.45. The number of amides is 3. The second-order valence-corrected chi connectivity index (χ2v) is 7.55. The van der Waals surface area contributed by atoms with Crippen molar-refractivity contribution in [3.63, 3.8) is 0 Å². The number of carbonyl (C=O) groups excluding carboxylic acids is 3. The number of hydrogen-bond acceptors (Lipinski definition) is 4. The molecule has 0 unspecified atom stereocenters. The van der Waals surface area contributed by atoms with Crippen LogP contribution < -0.4 is 5.32 Å². The van der Waals surface area contributed by atoms with E-state index in [0.29, 0.717) is 5.69 Å². The van der Waals surface area contributed by atoms with Crippen LogP contribution in [0.15, 0.2) is 48.5 Å². The normalized spacial score (nSPS) is 16.3. The summed E-state index contributed by atoms with van der Waals surface area (Å²) < 4.78 is 6.30. The van der Waals surface area contributed by atoms with Crippen LogP contribution in [-0.4, -0.2) is 28.8 Å². The van der Waals surface area contributed by atoms with E-state index in [-0.39, 0.29) is 25.4 Å². The molecule has 1 saturated heterocycles. The van der Waals surface area contributed by atoms with Crippen molar-refractivity contribution in [2.45, 2.75) is 32.4 Å². The highest BCUT2D eigenvalue weighted by atomic mass is 127. The molecule has 0 bridgehead atoms. The lowest BCUT2D eigenvalue weighted by molar-refractivity contribution is -0.131. The molecule has 6 nitrogen and oxygen atoms in total. The van der Waals surface area contributed by atoms with E-state index >= 15 is 0 Å². The predicted octanol–water partition coefficient (Wildman–Crippen LogP) is 3.87. The standard InChI is InChI=1S/C20H19IN2O4/c1-13-11-15(21)7-8-16(13)22-19(25)17-9-10-18(24)23(17)20(26)27-12-14-5-3-2-4-6-14/h2-8,11,17H,9-10,12H2,1H3,(H,22,25)/t17-/m0/s1. The molecule has 2 aromatic carbocycles. The van der Waals surface area contributed by atoms with Gasteiger partial charge in [0.1, 0.15) is 12.6 Å². The smallest absolute Gasteiger partial charge is 0.417 e. The van der Waals surface area contributed by atoms with E-state index in [9.17, 15) is 14.4 Å². The van der Waals surface area contributed by atoms with Crippen LogP contribution in [0.25, 0.3) is 0 Å². The van der Waals surface area contributed by atoms with E-state index in [1.165, 1.54) is 0 Å². The van der Waals surface area contributed by atoms with Gasteiger partial charge in [0.2, 0.25) is 11.8 Å². The molecule has 2 aromatic rings. The van der Waals surface area contributed by atoms with E-state index in [2.05, 4.69) is 27.9 Å². The molecule has 1 aliphatic heterocycles. The Balaban J connectivity index is 1.67. The Morgan fingerprint density at radius 2 is 1.96 bits per heavy atom. The summed E-state index contributed by atoms with van der Waals surface area (Å²) in [5, 5.41) is 2.81. The number of ether oxygens (including phenoxy) is 1. The van der Waals surface area contributed by atoms with Crippen LogP contribution in [0, 0.1) is 10.5 Å². The number of likely N-dealkylation sites (tertiary alicyclic amines) is 1. The van der Waals surface area contributed by atoms with Gasteiger partial charge in [0.25, 0.3) is 0 Å². The highest BCUT2D eigenvalue weighted by molar-refractivity contribution is 14.1. The van der Waals surface area contributed by atoms with Gasteiger partial charge < -0.3 is 10.1 Å². The first kappa shape index (κ1) is 19.3. The summed E-state index contributed by atoms with van der Waals surface area (Å²) in [4.78, 5) is 38.2. The minimum atomic E-state index is -0.862. The van der Waals surface area contributed by atoms with Crippen LogP contribution in [0.4, 0.5) is 10.5 Å². The average molecular weight is 478 g/mol. The molecule has 0 spiro atoms. The molecule has 0 aromatic heterocycles. The minimum absolute atomic E-state index is 0.0496. The van der Waals surface area contributed by atoms with Gasteiger partial charge in [-0.3, -0.25) is 9.59 Å². The number of rotatable bonds is 4. The van der Waals surface area contributed by atoms with Gasteiger partial charge in [0.05, 0.1) is 0 Å². The van der Waals surface area contributed by atoms with Crippen molar-refractivity contribution in [2.75, 3.05) is 5.32 Å². The minimum Gasteiger partial charge on any atom is -0.444 e. The molecule has 140 valence electrons. The fourth-order valence-electron chi connectivity index (χ4n) is 2.93. The molecule has 1 heterocycles. The zero-order valence-electron chi connectivity index (χ0n) is 14.8. The van der Waals surface area contributed by atoms with Gasteiger partial charge in [-0.05, 0) is 65.3 Å². The van der Waals surface area contributed by atoms with Gasteiger partial charge in [-0.25, -0.2) is 9.69 Å². The van der Waals surface area contributed by atoms with Crippen molar-refractivity contribution in [3.05, 3.63) is 63.2 Å². The molecule has 1 fully saturated rings. The Kier molecular flexibility index (Phi) is 6.10. The van der Waals surface area contributed by atoms with Crippen molar-refractivity contribution in [3.8, 4) is 0 Å². The van der Waals surface area contributed by atoms with Gasteiger partial charge >= 0.3 is 6.09 Å². The van der Waals surface area contributed by atoms with E-state index in [0.717, 1.165) is 19.6 Å². The first-order valence-electron chi connectivity index (χ1n) is 8.55. The van der Waals surface area contributed by atoms with Crippen LogP contribution in [0.1, 0.15) is 24.0 Å². The van der Waals surface area contributed by atoms with Crippen molar-refractivity contribution >= 4 is 46.2 Å². The summed E-state index contributed by atoms with van der Waals surface area (Å²) in [7, 11) is 0. The SMILES string of the molecule is Cc1cc(I)ccc1NC(=O)[C@@H]1CCC(=O)N1C(=O)OCc1ccccc1. The largest absolute Gasteiger partial charge is 0.444 e. The number of aryl methyl sites for hydroxylation is 1. The highest BCUT2D eigenvalue weighted by Crippen LogP contribution is 2.24. The fourth-order valence-corrected chi connectivity index (χ4v) is 3.58. The first-order chi connectivity index (χ1) is 13.0. The third-order valence-corrected chi connectivity index (χ3v) is 5.03. The molecule has 7 heteroatoms. The summed E-state index contributed by atoms with van der Waals surface area (Å²) in [6.07, 6.45) is -0.362. The van der Waals surface area contributed by atoms with Gasteiger partial charge in [-0.2, -0.15) is 0 Å². The van der Waals surface area contributed by atoms with E-state index < -0.39 is 18.0 Å². The van der Waals surface area contributed by atoms with E-state index in [4.69, 9.17) is 4.74 Å². The lowest BCUT2D eigenvalue weighted by atomic mass is 10.1. The Morgan fingerprint density at radius 1 is 1.22 bits per heavy atom. The second-order valence-electron chi connectivity index (χ2n) is 6.31. The first-order valence-corrected chi connectivity index (χ1v) is 9.63. The Bertz CT molecular complexity index is 870. The van der Waals surface area contributed by atoms with Crippen molar-refractivity contribution < 1.29 is 19.1 Å². The number of halogens is 1. The Hall–Kier alpha value is -2.42. The van der Waals surface area contributed by atoms with Gasteiger partial charge in [-0.15, -0.1) is 0 Å². The molecule has 1 aliphatic rings. The fraction of sp³-hybridized carbons (Fsp3) is 0.250. The van der Waals surface area contributed by atoms with Crippen molar-refractivity contribution in [2.24, 2.45) is 0 Å². The number of hydrogen-bond donors (Lipinski definition) is 1. The number of anilines is 1. The third-order valence-electron chi connectivity index (χ3n) is 4.36. The third kappa shape index (κ3) is 4.65. The topological polar surface area (TPSA) is 75.7 Å². The molecule has 1 N–H and O–H groups in total. The number of nitrogens with one attached hydrogen (secondary N) is 1. The monoisotopic (exact) mass is 478 g/mol. The van der Waals surface area contributed by atoms with Crippen LogP contribution in [0.5, 0.6) is 0 Å².